The molecule has 2 N–H and O–H groups in total. The first kappa shape index (κ1) is 18.8. The summed E-state index contributed by atoms with van der Waals surface area (Å²) in [5, 5.41) is 4.21. The van der Waals surface area contributed by atoms with Crippen LogP contribution in [0.25, 0.3) is 10.9 Å². The van der Waals surface area contributed by atoms with Crippen LogP contribution in [-0.4, -0.2) is 35.7 Å². The van der Waals surface area contributed by atoms with Crippen molar-refractivity contribution >= 4 is 16.8 Å². The first-order valence-corrected chi connectivity index (χ1v) is 9.73. The summed E-state index contributed by atoms with van der Waals surface area (Å²) in [4.78, 5) is 15.8. The minimum Gasteiger partial charge on any atom is -0.493 e. The maximum atomic E-state index is 12.6. The molecule has 0 bridgehead atoms. The fourth-order valence-corrected chi connectivity index (χ4v) is 3.81. The van der Waals surface area contributed by atoms with Gasteiger partial charge in [-0.2, -0.15) is 0 Å². The number of aromatic amines is 1. The SMILES string of the molecule is CCOc1cccc2[nH]cc(CC(=O)NC3CCC(OC(C)C)CC3)c12. The number of hydrogen-bond donors (Lipinski definition) is 2. The van der Waals surface area contributed by atoms with E-state index in [-0.39, 0.29) is 18.1 Å². The molecule has 1 aromatic heterocycles. The predicted octanol–water partition coefficient (Wildman–Crippen LogP) is 3.96. The van der Waals surface area contributed by atoms with Crippen molar-refractivity contribution in [1.82, 2.24) is 10.3 Å². The van der Waals surface area contributed by atoms with Gasteiger partial charge in [0.1, 0.15) is 5.75 Å². The maximum Gasteiger partial charge on any atom is 0.224 e. The number of aromatic nitrogens is 1. The lowest BCUT2D eigenvalue weighted by Crippen LogP contribution is -2.40. The summed E-state index contributed by atoms with van der Waals surface area (Å²) >= 11 is 0. The molecular formula is C21H30N2O3. The van der Waals surface area contributed by atoms with Crippen molar-refractivity contribution in [3.05, 3.63) is 30.0 Å². The lowest BCUT2D eigenvalue weighted by molar-refractivity contribution is -0.121. The summed E-state index contributed by atoms with van der Waals surface area (Å²) in [5.41, 5.74) is 1.99. The number of carbonyl (C=O) groups excluding carboxylic acids is 1. The number of rotatable bonds is 7. The highest BCUT2D eigenvalue weighted by Crippen LogP contribution is 2.29. The van der Waals surface area contributed by atoms with Crippen molar-refractivity contribution in [3.63, 3.8) is 0 Å². The van der Waals surface area contributed by atoms with Gasteiger partial charge in [0.2, 0.25) is 5.91 Å². The number of ether oxygens (including phenoxy) is 2. The topological polar surface area (TPSA) is 63.4 Å². The molecule has 26 heavy (non-hydrogen) atoms. The lowest BCUT2D eigenvalue weighted by Gasteiger charge is -2.30. The van der Waals surface area contributed by atoms with Crippen molar-refractivity contribution in [2.24, 2.45) is 0 Å². The second kappa shape index (κ2) is 8.58. The van der Waals surface area contributed by atoms with Gasteiger partial charge in [0.15, 0.2) is 0 Å². The third kappa shape index (κ3) is 4.58. The van der Waals surface area contributed by atoms with Gasteiger partial charge in [-0.25, -0.2) is 0 Å². The van der Waals surface area contributed by atoms with Gasteiger partial charge in [0, 0.05) is 23.1 Å². The zero-order valence-electron chi connectivity index (χ0n) is 16.0. The number of hydrogen-bond acceptors (Lipinski definition) is 3. The molecule has 1 heterocycles. The van der Waals surface area contributed by atoms with E-state index in [1.54, 1.807) is 0 Å². The number of H-pyrrole nitrogens is 1. The van der Waals surface area contributed by atoms with Crippen LogP contribution in [0.15, 0.2) is 24.4 Å². The number of nitrogens with one attached hydrogen (secondary N) is 2. The van der Waals surface area contributed by atoms with Crippen LogP contribution in [0.4, 0.5) is 0 Å². The van der Waals surface area contributed by atoms with Gasteiger partial charge in [-0.15, -0.1) is 0 Å². The summed E-state index contributed by atoms with van der Waals surface area (Å²) < 4.78 is 11.6. The molecule has 5 nitrogen and oxygen atoms in total. The van der Waals surface area contributed by atoms with E-state index in [0.29, 0.717) is 19.1 Å². The van der Waals surface area contributed by atoms with Crippen LogP contribution >= 0.6 is 0 Å². The van der Waals surface area contributed by atoms with Gasteiger partial charge in [0.25, 0.3) is 0 Å². The molecule has 0 radical (unpaired) electrons. The Hall–Kier alpha value is -2.01. The average Bonchev–Trinajstić information content (AvgIpc) is 3.00. The van der Waals surface area contributed by atoms with E-state index in [1.807, 2.05) is 31.3 Å². The molecule has 2 aromatic rings. The molecule has 1 aliphatic carbocycles. The van der Waals surface area contributed by atoms with Crippen LogP contribution in [0.1, 0.15) is 52.0 Å². The largest absolute Gasteiger partial charge is 0.493 e. The normalized spacial score (nSPS) is 20.5. The van der Waals surface area contributed by atoms with Crippen LogP contribution < -0.4 is 10.1 Å². The molecule has 1 aliphatic rings. The Labute approximate surface area is 155 Å². The van der Waals surface area contributed by atoms with Gasteiger partial charge in [0.05, 0.1) is 25.2 Å². The van der Waals surface area contributed by atoms with Gasteiger partial charge in [-0.05, 0) is 64.2 Å². The highest BCUT2D eigenvalue weighted by atomic mass is 16.5. The van der Waals surface area contributed by atoms with Crippen molar-refractivity contribution in [2.75, 3.05) is 6.61 Å². The lowest BCUT2D eigenvalue weighted by atomic mass is 9.92. The molecule has 0 saturated heterocycles. The molecule has 1 fully saturated rings. The summed E-state index contributed by atoms with van der Waals surface area (Å²) in [6, 6.07) is 6.18. The van der Waals surface area contributed by atoms with Gasteiger partial charge in [-0.3, -0.25) is 4.79 Å². The van der Waals surface area contributed by atoms with Gasteiger partial charge >= 0.3 is 0 Å². The third-order valence-electron chi connectivity index (χ3n) is 4.90. The van der Waals surface area contributed by atoms with Crippen molar-refractivity contribution in [1.29, 1.82) is 0 Å². The summed E-state index contributed by atoms with van der Waals surface area (Å²) in [6.45, 7) is 6.73. The molecule has 1 aromatic carbocycles. The quantitative estimate of drug-likeness (QED) is 0.787. The van der Waals surface area contributed by atoms with E-state index in [0.717, 1.165) is 47.9 Å². The molecule has 142 valence electrons. The van der Waals surface area contributed by atoms with Crippen LogP contribution in [0, 0.1) is 0 Å². The molecule has 3 rings (SSSR count). The summed E-state index contributed by atoms with van der Waals surface area (Å²) in [7, 11) is 0. The number of benzene rings is 1. The van der Waals surface area contributed by atoms with E-state index in [2.05, 4.69) is 24.1 Å². The zero-order chi connectivity index (χ0) is 18.5. The second-order valence-corrected chi connectivity index (χ2v) is 7.33. The Morgan fingerprint density at radius 2 is 2.04 bits per heavy atom. The van der Waals surface area contributed by atoms with Crippen molar-refractivity contribution < 1.29 is 14.3 Å². The maximum absolute atomic E-state index is 12.6. The highest BCUT2D eigenvalue weighted by Gasteiger charge is 2.24. The van der Waals surface area contributed by atoms with E-state index in [9.17, 15) is 4.79 Å². The fourth-order valence-electron chi connectivity index (χ4n) is 3.81. The molecular weight excluding hydrogens is 328 g/mol. The predicted molar refractivity (Wildman–Crippen MR) is 104 cm³/mol. The number of carbonyl (C=O) groups is 1. The molecule has 0 atom stereocenters. The molecule has 0 unspecified atom stereocenters. The van der Waals surface area contributed by atoms with E-state index in [1.165, 1.54) is 0 Å². The molecule has 0 aliphatic heterocycles. The van der Waals surface area contributed by atoms with Crippen LogP contribution in [-0.2, 0) is 16.0 Å². The minimum absolute atomic E-state index is 0.0745. The Bertz CT molecular complexity index is 730. The Morgan fingerprint density at radius 3 is 2.73 bits per heavy atom. The monoisotopic (exact) mass is 358 g/mol. The van der Waals surface area contributed by atoms with E-state index in [4.69, 9.17) is 9.47 Å². The first-order valence-electron chi connectivity index (χ1n) is 9.73. The van der Waals surface area contributed by atoms with Crippen molar-refractivity contribution in [3.8, 4) is 5.75 Å². The first-order chi connectivity index (χ1) is 12.6. The standard InChI is InChI=1S/C21H30N2O3/c1-4-25-19-7-5-6-18-21(19)15(13-22-18)12-20(24)23-16-8-10-17(11-9-16)26-14(2)3/h5-7,13-14,16-17,22H,4,8-12H2,1-3H3,(H,23,24). The smallest absolute Gasteiger partial charge is 0.224 e. The Morgan fingerprint density at radius 1 is 1.27 bits per heavy atom. The van der Waals surface area contributed by atoms with Crippen LogP contribution in [0.3, 0.4) is 0 Å². The summed E-state index contributed by atoms with van der Waals surface area (Å²) in [6.07, 6.45) is 6.91. The van der Waals surface area contributed by atoms with Gasteiger partial charge < -0.3 is 19.8 Å². The Balaban J connectivity index is 1.58. The average molecular weight is 358 g/mol. The van der Waals surface area contributed by atoms with Gasteiger partial charge in [-0.1, -0.05) is 6.07 Å². The molecule has 1 amide bonds. The molecule has 1 saturated carbocycles. The van der Waals surface area contributed by atoms with Crippen molar-refractivity contribution in [2.45, 2.75) is 71.1 Å². The van der Waals surface area contributed by atoms with E-state index < -0.39 is 0 Å². The Kier molecular flexibility index (Phi) is 6.20. The molecule has 5 heteroatoms. The minimum atomic E-state index is 0.0745. The third-order valence-corrected chi connectivity index (χ3v) is 4.90. The van der Waals surface area contributed by atoms with Crippen LogP contribution in [0.2, 0.25) is 0 Å². The molecule has 0 spiro atoms. The van der Waals surface area contributed by atoms with Crippen LogP contribution in [0.5, 0.6) is 5.75 Å². The zero-order valence-corrected chi connectivity index (χ0v) is 16.0. The van der Waals surface area contributed by atoms with E-state index >= 15 is 0 Å². The summed E-state index contributed by atoms with van der Waals surface area (Å²) in [5.74, 6) is 0.908. The number of amides is 1. The highest BCUT2D eigenvalue weighted by molar-refractivity contribution is 5.93. The second-order valence-electron chi connectivity index (χ2n) is 7.33. The fraction of sp³-hybridized carbons (Fsp3) is 0.571. The number of fused-ring (bicyclic) bond motifs is 1.